The minimum atomic E-state index is -1.13. The Labute approximate surface area is 226 Å². The first-order valence-corrected chi connectivity index (χ1v) is 13.6. The van der Waals surface area contributed by atoms with Gasteiger partial charge in [-0.3, -0.25) is 9.59 Å². The van der Waals surface area contributed by atoms with E-state index in [9.17, 15) is 24.3 Å². The normalized spacial score (nSPS) is 17.1. The molecule has 0 radical (unpaired) electrons. The molecule has 0 saturated carbocycles. The number of nitrogens with one attached hydrogen (secondary N) is 1. The van der Waals surface area contributed by atoms with Crippen molar-refractivity contribution in [2.24, 2.45) is 5.73 Å². The van der Waals surface area contributed by atoms with Crippen molar-refractivity contribution in [2.75, 3.05) is 12.3 Å². The number of nitrogens with two attached hydrogens (primary N) is 1. The van der Waals surface area contributed by atoms with E-state index in [2.05, 4.69) is 10.3 Å². The van der Waals surface area contributed by atoms with E-state index < -0.39 is 47.6 Å². The third-order valence-corrected chi connectivity index (χ3v) is 6.94. The highest BCUT2D eigenvalue weighted by atomic mass is 32.2. The lowest BCUT2D eigenvalue weighted by atomic mass is 10.1. The van der Waals surface area contributed by atoms with Gasteiger partial charge in [-0.25, -0.2) is 19.1 Å². The van der Waals surface area contributed by atoms with E-state index >= 15 is 0 Å². The van der Waals surface area contributed by atoms with Crippen molar-refractivity contribution < 1.29 is 29.0 Å². The van der Waals surface area contributed by atoms with Gasteiger partial charge in [0.15, 0.2) is 0 Å². The number of carboxylic acid groups (broad SMARTS) is 1. The molecule has 0 unspecified atom stereocenters. The van der Waals surface area contributed by atoms with Gasteiger partial charge >= 0.3 is 12.1 Å². The molecule has 38 heavy (non-hydrogen) atoms. The number of carbonyl (C=O) groups is 4. The summed E-state index contributed by atoms with van der Waals surface area (Å²) in [6, 6.07) is 6.77. The molecule has 4 N–H and O–H groups in total. The number of aliphatic carboxylic acids is 1. The van der Waals surface area contributed by atoms with Crippen molar-refractivity contribution in [3.05, 3.63) is 54.1 Å². The maximum absolute atomic E-state index is 13.1. The number of benzene rings is 1. The number of amides is 2. The SMILES string of the molecule is CC(C)(C)OC(=O)n1cnc(C[C@H](N)C(=O)N2CCC[C@H]2C(=O)N[C@@H](CSCc2ccccc2)C(=O)O)c1. The van der Waals surface area contributed by atoms with Crippen molar-refractivity contribution in [1.29, 1.82) is 0 Å². The lowest BCUT2D eigenvalue weighted by Crippen LogP contribution is -2.54. The summed E-state index contributed by atoms with van der Waals surface area (Å²) in [5, 5.41) is 12.2. The zero-order valence-corrected chi connectivity index (χ0v) is 22.6. The van der Waals surface area contributed by atoms with E-state index in [-0.39, 0.29) is 12.2 Å². The van der Waals surface area contributed by atoms with Gasteiger partial charge < -0.3 is 25.8 Å². The van der Waals surface area contributed by atoms with E-state index in [0.29, 0.717) is 30.8 Å². The molecule has 1 aliphatic heterocycles. The van der Waals surface area contributed by atoms with Gasteiger partial charge in [0.2, 0.25) is 11.8 Å². The van der Waals surface area contributed by atoms with Gasteiger partial charge in [-0.1, -0.05) is 30.3 Å². The molecule has 0 spiro atoms. The summed E-state index contributed by atoms with van der Waals surface area (Å²) in [4.78, 5) is 55.6. The first-order chi connectivity index (χ1) is 17.9. The monoisotopic (exact) mass is 545 g/mol. The van der Waals surface area contributed by atoms with Crippen LogP contribution in [0.2, 0.25) is 0 Å². The van der Waals surface area contributed by atoms with Crippen LogP contribution in [0.4, 0.5) is 4.79 Å². The quantitative estimate of drug-likeness (QED) is 0.406. The Morgan fingerprint density at radius 1 is 1.24 bits per heavy atom. The molecule has 3 atom stereocenters. The fourth-order valence-electron chi connectivity index (χ4n) is 4.02. The standard InChI is InChI=1S/C26H35N5O6S/c1-26(2,3)37-25(36)30-13-18(28-16-30)12-19(27)23(33)31-11-7-10-21(31)22(32)29-20(24(34)35)15-38-14-17-8-5-4-6-9-17/h4-6,8-9,13,16,19-21H,7,10-12,14-15,27H2,1-3H3,(H,29,32)(H,34,35)/t19-,20-,21-/m0/s1. The topological polar surface area (TPSA) is 157 Å². The number of imidazole rings is 1. The van der Waals surface area contributed by atoms with Gasteiger partial charge in [-0.15, -0.1) is 0 Å². The molecule has 2 aromatic rings. The van der Waals surface area contributed by atoms with Crippen LogP contribution >= 0.6 is 11.8 Å². The summed E-state index contributed by atoms with van der Waals surface area (Å²) in [6.07, 6.45) is 3.25. The Balaban J connectivity index is 1.55. The molecule has 0 bridgehead atoms. The molecule has 2 heterocycles. The summed E-state index contributed by atoms with van der Waals surface area (Å²) in [6.45, 7) is 5.60. The summed E-state index contributed by atoms with van der Waals surface area (Å²) >= 11 is 1.41. The number of thioether (sulfide) groups is 1. The molecule has 206 valence electrons. The number of nitrogens with zero attached hydrogens (tertiary/aromatic N) is 3. The third kappa shape index (κ3) is 8.32. The fraction of sp³-hybridized carbons (Fsp3) is 0.500. The summed E-state index contributed by atoms with van der Waals surface area (Å²) in [5.74, 6) is -1.26. The van der Waals surface area contributed by atoms with Gasteiger partial charge in [-0.05, 0) is 39.2 Å². The van der Waals surface area contributed by atoms with Gasteiger partial charge in [0.25, 0.3) is 0 Å². The lowest BCUT2D eigenvalue weighted by Gasteiger charge is -2.27. The largest absolute Gasteiger partial charge is 0.480 e. The molecule has 1 saturated heterocycles. The molecular formula is C26H35N5O6S. The number of ether oxygens (including phenoxy) is 1. The lowest BCUT2D eigenvalue weighted by molar-refractivity contribution is -0.143. The molecule has 11 nitrogen and oxygen atoms in total. The highest BCUT2D eigenvalue weighted by Gasteiger charge is 2.37. The van der Waals surface area contributed by atoms with Crippen LogP contribution < -0.4 is 11.1 Å². The van der Waals surface area contributed by atoms with Crippen LogP contribution in [0.15, 0.2) is 42.9 Å². The Hall–Kier alpha value is -3.38. The maximum atomic E-state index is 13.1. The second kappa shape index (κ2) is 12.9. The van der Waals surface area contributed by atoms with Crippen LogP contribution in [-0.2, 0) is 31.3 Å². The number of hydrogen-bond donors (Lipinski definition) is 3. The summed E-state index contributed by atoms with van der Waals surface area (Å²) in [7, 11) is 0. The van der Waals surface area contributed by atoms with Crippen LogP contribution in [0, 0.1) is 0 Å². The van der Waals surface area contributed by atoms with Gasteiger partial charge in [-0.2, -0.15) is 11.8 Å². The van der Waals surface area contributed by atoms with Crippen molar-refractivity contribution in [3.8, 4) is 0 Å². The first kappa shape index (κ1) is 29.2. The number of carbonyl (C=O) groups excluding carboxylic acids is 3. The average molecular weight is 546 g/mol. The minimum absolute atomic E-state index is 0.0628. The van der Waals surface area contributed by atoms with Crippen molar-refractivity contribution >= 4 is 35.6 Å². The Morgan fingerprint density at radius 3 is 2.61 bits per heavy atom. The molecule has 1 aromatic heterocycles. The van der Waals surface area contributed by atoms with Gasteiger partial charge in [0, 0.05) is 30.7 Å². The predicted octanol–water partition coefficient (Wildman–Crippen LogP) is 2.03. The maximum Gasteiger partial charge on any atom is 0.419 e. The Morgan fingerprint density at radius 2 is 1.95 bits per heavy atom. The highest BCUT2D eigenvalue weighted by molar-refractivity contribution is 7.98. The summed E-state index contributed by atoms with van der Waals surface area (Å²) in [5.41, 5.74) is 6.99. The number of rotatable bonds is 10. The Kier molecular flexibility index (Phi) is 9.92. The van der Waals surface area contributed by atoms with Crippen LogP contribution in [0.1, 0.15) is 44.9 Å². The van der Waals surface area contributed by atoms with Gasteiger partial charge in [0.1, 0.15) is 24.0 Å². The van der Waals surface area contributed by atoms with Crippen LogP contribution in [0.5, 0.6) is 0 Å². The molecule has 2 amide bonds. The average Bonchev–Trinajstić information content (AvgIpc) is 3.52. The second-order valence-electron chi connectivity index (χ2n) is 10.2. The predicted molar refractivity (Wildman–Crippen MR) is 142 cm³/mol. The van der Waals surface area contributed by atoms with E-state index in [1.54, 1.807) is 20.8 Å². The van der Waals surface area contributed by atoms with Crippen LogP contribution in [-0.4, -0.2) is 79.5 Å². The zero-order chi connectivity index (χ0) is 27.9. The molecule has 3 rings (SSSR count). The zero-order valence-electron chi connectivity index (χ0n) is 21.8. The molecule has 12 heteroatoms. The number of hydrogen-bond acceptors (Lipinski definition) is 8. The molecule has 1 fully saturated rings. The molecule has 1 aromatic carbocycles. The first-order valence-electron chi connectivity index (χ1n) is 12.4. The van der Waals surface area contributed by atoms with E-state index in [1.165, 1.54) is 33.8 Å². The van der Waals surface area contributed by atoms with Crippen LogP contribution in [0.3, 0.4) is 0 Å². The van der Waals surface area contributed by atoms with Crippen molar-refractivity contribution in [1.82, 2.24) is 19.8 Å². The smallest absolute Gasteiger partial charge is 0.419 e. The van der Waals surface area contributed by atoms with E-state index in [0.717, 1.165) is 5.56 Å². The highest BCUT2D eigenvalue weighted by Crippen LogP contribution is 2.20. The third-order valence-electron chi connectivity index (χ3n) is 5.84. The van der Waals surface area contributed by atoms with E-state index in [4.69, 9.17) is 10.5 Å². The van der Waals surface area contributed by atoms with Crippen LogP contribution in [0.25, 0.3) is 0 Å². The van der Waals surface area contributed by atoms with E-state index in [1.807, 2.05) is 30.3 Å². The minimum Gasteiger partial charge on any atom is -0.480 e. The molecule has 0 aliphatic carbocycles. The molecular weight excluding hydrogens is 510 g/mol. The second-order valence-corrected chi connectivity index (χ2v) is 11.2. The molecule has 1 aliphatic rings. The Bertz CT molecular complexity index is 1130. The van der Waals surface area contributed by atoms with Crippen molar-refractivity contribution in [3.63, 3.8) is 0 Å². The van der Waals surface area contributed by atoms with Gasteiger partial charge in [0.05, 0.1) is 11.7 Å². The number of carboxylic acids is 1. The number of aromatic nitrogens is 2. The fourth-order valence-corrected chi connectivity index (χ4v) is 5.03. The summed E-state index contributed by atoms with van der Waals surface area (Å²) < 4.78 is 6.48. The van der Waals surface area contributed by atoms with Crippen molar-refractivity contribution in [2.45, 2.75) is 69.5 Å². The number of likely N-dealkylation sites (tertiary alicyclic amines) is 1.